The molecule has 0 aliphatic carbocycles. The lowest BCUT2D eigenvalue weighted by Gasteiger charge is -2.32. The van der Waals surface area contributed by atoms with Gasteiger partial charge in [-0.05, 0) is 75.5 Å². The maximum Gasteiger partial charge on any atom is 0.253 e. The second-order valence-corrected chi connectivity index (χ2v) is 10.4. The molecule has 176 valence electrons. The Bertz CT molecular complexity index is 924. The van der Waals surface area contributed by atoms with Crippen LogP contribution in [-0.2, 0) is 6.42 Å². The molecule has 3 fully saturated rings. The second-order valence-electron chi connectivity index (χ2n) is 10.4. The molecule has 3 aliphatic heterocycles. The Labute approximate surface area is 198 Å². The van der Waals surface area contributed by atoms with Crippen molar-refractivity contribution in [1.29, 1.82) is 0 Å². The van der Waals surface area contributed by atoms with Gasteiger partial charge in [0, 0.05) is 50.2 Å². The van der Waals surface area contributed by atoms with Crippen molar-refractivity contribution >= 4 is 5.91 Å². The van der Waals surface area contributed by atoms with Crippen LogP contribution in [0.2, 0.25) is 0 Å². The molecule has 1 amide bonds. The van der Waals surface area contributed by atoms with Crippen LogP contribution in [0, 0.1) is 5.41 Å². The summed E-state index contributed by atoms with van der Waals surface area (Å²) in [6.07, 6.45) is 5.83. The summed E-state index contributed by atoms with van der Waals surface area (Å²) in [6, 6.07) is 18.6. The molecule has 5 heteroatoms. The van der Waals surface area contributed by atoms with Crippen molar-refractivity contribution in [3.63, 3.8) is 0 Å². The first-order valence-corrected chi connectivity index (χ1v) is 12.6. The number of ether oxygens (including phenoxy) is 1. The lowest BCUT2D eigenvalue weighted by molar-refractivity contribution is 0.0773. The summed E-state index contributed by atoms with van der Waals surface area (Å²) in [6.45, 7) is 7.33. The Kier molecular flexibility index (Phi) is 6.70. The van der Waals surface area contributed by atoms with Crippen LogP contribution < -0.4 is 4.74 Å². The molecule has 1 unspecified atom stereocenters. The van der Waals surface area contributed by atoms with Crippen molar-refractivity contribution in [3.8, 4) is 5.75 Å². The topological polar surface area (TPSA) is 36.0 Å². The number of piperidine rings is 1. The van der Waals surface area contributed by atoms with Gasteiger partial charge in [0.05, 0.1) is 0 Å². The first-order valence-electron chi connectivity index (χ1n) is 12.6. The third kappa shape index (κ3) is 5.42. The van der Waals surface area contributed by atoms with Gasteiger partial charge in [0.15, 0.2) is 0 Å². The molecule has 3 aliphatic rings. The van der Waals surface area contributed by atoms with Crippen molar-refractivity contribution in [1.82, 2.24) is 14.7 Å². The van der Waals surface area contributed by atoms with Gasteiger partial charge in [-0.25, -0.2) is 0 Å². The van der Waals surface area contributed by atoms with E-state index in [0.29, 0.717) is 5.41 Å². The average Bonchev–Trinajstić information content (AvgIpc) is 3.44. The quantitative estimate of drug-likeness (QED) is 0.672. The van der Waals surface area contributed by atoms with Crippen LogP contribution in [0.3, 0.4) is 0 Å². The monoisotopic (exact) mass is 447 g/mol. The number of amides is 1. The molecule has 0 saturated carbocycles. The minimum Gasteiger partial charge on any atom is -0.490 e. The highest BCUT2D eigenvalue weighted by Gasteiger charge is 2.43. The summed E-state index contributed by atoms with van der Waals surface area (Å²) in [5.41, 5.74) is 2.51. The average molecular weight is 448 g/mol. The van der Waals surface area contributed by atoms with Crippen LogP contribution in [-0.4, -0.2) is 79.6 Å². The van der Waals surface area contributed by atoms with Crippen molar-refractivity contribution in [2.75, 3.05) is 52.9 Å². The predicted octanol–water partition coefficient (Wildman–Crippen LogP) is 3.94. The Hall–Kier alpha value is -2.37. The Morgan fingerprint density at radius 1 is 0.939 bits per heavy atom. The summed E-state index contributed by atoms with van der Waals surface area (Å²) in [4.78, 5) is 20.0. The highest BCUT2D eigenvalue weighted by molar-refractivity contribution is 5.94. The molecule has 5 rings (SSSR count). The molecule has 33 heavy (non-hydrogen) atoms. The number of benzene rings is 2. The maximum absolute atomic E-state index is 13.0. The molecular formula is C28H37N3O2. The van der Waals surface area contributed by atoms with E-state index in [1.807, 2.05) is 24.3 Å². The highest BCUT2D eigenvalue weighted by Crippen LogP contribution is 2.39. The summed E-state index contributed by atoms with van der Waals surface area (Å²) < 4.78 is 6.26. The minimum atomic E-state index is 0.166. The molecule has 0 aromatic heterocycles. The van der Waals surface area contributed by atoms with Gasteiger partial charge in [-0.3, -0.25) is 4.79 Å². The first-order chi connectivity index (χ1) is 16.1. The standard InChI is InChI=1S/C28H37N3O2/c1-29-19-14-28(21-29)15-20-31(22-28)27(32)24-7-9-25(10-8-24)33-26-12-17-30(18-13-26)16-11-23-5-3-2-4-6-23/h2-10,26H,11-22H2,1H3. The highest BCUT2D eigenvalue weighted by atomic mass is 16.5. The van der Waals surface area contributed by atoms with E-state index < -0.39 is 0 Å². The fourth-order valence-electron chi connectivity index (χ4n) is 5.83. The third-order valence-corrected chi connectivity index (χ3v) is 7.85. The third-order valence-electron chi connectivity index (χ3n) is 7.85. The van der Waals surface area contributed by atoms with E-state index in [9.17, 15) is 4.79 Å². The van der Waals surface area contributed by atoms with E-state index in [2.05, 4.69) is 52.1 Å². The lowest BCUT2D eigenvalue weighted by atomic mass is 9.86. The normalized spacial score (nSPS) is 24.6. The van der Waals surface area contributed by atoms with Crippen molar-refractivity contribution < 1.29 is 9.53 Å². The van der Waals surface area contributed by atoms with Gasteiger partial charge >= 0.3 is 0 Å². The summed E-state index contributed by atoms with van der Waals surface area (Å²) in [5, 5.41) is 0. The number of likely N-dealkylation sites (tertiary alicyclic amines) is 3. The molecule has 3 saturated heterocycles. The second kappa shape index (κ2) is 9.86. The van der Waals surface area contributed by atoms with Gasteiger partial charge in [-0.2, -0.15) is 0 Å². The summed E-state index contributed by atoms with van der Waals surface area (Å²) in [7, 11) is 2.19. The van der Waals surface area contributed by atoms with E-state index in [-0.39, 0.29) is 12.0 Å². The zero-order chi connectivity index (χ0) is 22.7. The van der Waals surface area contributed by atoms with Crippen LogP contribution >= 0.6 is 0 Å². The molecule has 3 heterocycles. The summed E-state index contributed by atoms with van der Waals surface area (Å²) >= 11 is 0. The van der Waals surface area contributed by atoms with Crippen LogP contribution in [0.25, 0.3) is 0 Å². The van der Waals surface area contributed by atoms with E-state index in [1.54, 1.807) is 0 Å². The number of rotatable bonds is 6. The van der Waals surface area contributed by atoms with Crippen molar-refractivity contribution in [2.45, 2.75) is 38.2 Å². The van der Waals surface area contributed by atoms with Gasteiger partial charge in [0.1, 0.15) is 11.9 Å². The van der Waals surface area contributed by atoms with E-state index in [0.717, 1.165) is 82.8 Å². The van der Waals surface area contributed by atoms with Crippen LogP contribution in [0.5, 0.6) is 5.75 Å². The summed E-state index contributed by atoms with van der Waals surface area (Å²) in [5.74, 6) is 1.05. The lowest BCUT2D eigenvalue weighted by Crippen LogP contribution is -2.39. The van der Waals surface area contributed by atoms with Gasteiger partial charge in [-0.15, -0.1) is 0 Å². The smallest absolute Gasteiger partial charge is 0.253 e. The Morgan fingerprint density at radius 3 is 2.36 bits per heavy atom. The number of hydrogen-bond donors (Lipinski definition) is 0. The molecule has 5 nitrogen and oxygen atoms in total. The van der Waals surface area contributed by atoms with Gasteiger partial charge in [0.25, 0.3) is 5.91 Å². The number of carbonyl (C=O) groups is 1. The molecule has 2 aromatic rings. The van der Waals surface area contributed by atoms with Crippen molar-refractivity contribution in [3.05, 3.63) is 65.7 Å². The molecule has 0 N–H and O–H groups in total. The Balaban J connectivity index is 1.07. The number of carbonyl (C=O) groups excluding carboxylic acids is 1. The SMILES string of the molecule is CN1CCC2(CCN(C(=O)c3ccc(OC4CCN(CCc5ccccc5)CC4)cc3)C2)C1. The van der Waals surface area contributed by atoms with Gasteiger partial charge in [0.2, 0.25) is 0 Å². The number of nitrogens with zero attached hydrogens (tertiary/aromatic N) is 3. The van der Waals surface area contributed by atoms with Crippen LogP contribution in [0.4, 0.5) is 0 Å². The van der Waals surface area contributed by atoms with E-state index in [1.165, 1.54) is 12.0 Å². The molecule has 2 aromatic carbocycles. The first kappa shape index (κ1) is 22.4. The maximum atomic E-state index is 13.0. The molecular weight excluding hydrogens is 410 g/mol. The number of hydrogen-bond acceptors (Lipinski definition) is 4. The minimum absolute atomic E-state index is 0.166. The largest absolute Gasteiger partial charge is 0.490 e. The van der Waals surface area contributed by atoms with Crippen molar-refractivity contribution in [2.24, 2.45) is 5.41 Å². The fourth-order valence-corrected chi connectivity index (χ4v) is 5.83. The fraction of sp³-hybridized carbons (Fsp3) is 0.536. The molecule has 0 bridgehead atoms. The molecule has 1 spiro atoms. The molecule has 1 atom stereocenters. The van der Waals surface area contributed by atoms with Gasteiger partial charge in [-0.1, -0.05) is 30.3 Å². The zero-order valence-corrected chi connectivity index (χ0v) is 19.9. The van der Waals surface area contributed by atoms with Crippen LogP contribution in [0.1, 0.15) is 41.6 Å². The van der Waals surface area contributed by atoms with Gasteiger partial charge < -0.3 is 19.4 Å². The van der Waals surface area contributed by atoms with E-state index >= 15 is 0 Å². The Morgan fingerprint density at radius 2 is 1.67 bits per heavy atom. The predicted molar refractivity (Wildman–Crippen MR) is 132 cm³/mol. The molecule has 0 radical (unpaired) electrons. The van der Waals surface area contributed by atoms with Crippen LogP contribution in [0.15, 0.2) is 54.6 Å². The van der Waals surface area contributed by atoms with E-state index in [4.69, 9.17) is 4.74 Å². The zero-order valence-electron chi connectivity index (χ0n) is 19.9.